The lowest BCUT2D eigenvalue weighted by molar-refractivity contribution is -0.0281. The smallest absolute Gasteiger partial charge is 0.148 e. The van der Waals surface area contributed by atoms with Crippen LogP contribution in [0.5, 0.6) is 0 Å². The van der Waals surface area contributed by atoms with Crippen molar-refractivity contribution in [3.8, 4) is 0 Å². The van der Waals surface area contributed by atoms with Gasteiger partial charge in [0.1, 0.15) is 9.84 Å². The van der Waals surface area contributed by atoms with Crippen molar-refractivity contribution >= 4 is 9.84 Å². The first kappa shape index (κ1) is 15.9. The maximum atomic E-state index is 10.9. The molecule has 0 aromatic heterocycles. The highest BCUT2D eigenvalue weighted by Gasteiger charge is 2.21. The van der Waals surface area contributed by atoms with Gasteiger partial charge in [0.25, 0.3) is 0 Å². The molecule has 18 heavy (non-hydrogen) atoms. The summed E-state index contributed by atoms with van der Waals surface area (Å²) in [6.07, 6.45) is 6.23. The molecule has 0 spiro atoms. The molecule has 2 atom stereocenters. The third kappa shape index (κ3) is 7.31. The highest BCUT2D eigenvalue weighted by Crippen LogP contribution is 2.22. The van der Waals surface area contributed by atoms with E-state index >= 15 is 0 Å². The van der Waals surface area contributed by atoms with Crippen molar-refractivity contribution in [1.29, 1.82) is 0 Å². The maximum absolute atomic E-state index is 10.9. The van der Waals surface area contributed by atoms with Gasteiger partial charge in [0.15, 0.2) is 0 Å². The lowest BCUT2D eigenvalue weighted by atomic mass is 9.95. The number of ether oxygens (including phenoxy) is 2. The summed E-state index contributed by atoms with van der Waals surface area (Å²) >= 11 is 0. The Labute approximate surface area is 110 Å². The summed E-state index contributed by atoms with van der Waals surface area (Å²) in [7, 11) is -1.11. The molecule has 0 aromatic rings. The van der Waals surface area contributed by atoms with Crippen LogP contribution in [0, 0.1) is 0 Å². The molecule has 0 heterocycles. The molecule has 0 aromatic carbocycles. The van der Waals surface area contributed by atoms with E-state index in [0.29, 0.717) is 31.9 Å². The minimum atomic E-state index is -2.86. The van der Waals surface area contributed by atoms with E-state index in [1.54, 1.807) is 7.11 Å². The Kier molecular flexibility index (Phi) is 7.14. The topological polar surface area (TPSA) is 64.6 Å². The van der Waals surface area contributed by atoms with Crippen LogP contribution in [-0.4, -0.2) is 59.4 Å². The van der Waals surface area contributed by atoms with E-state index in [-0.39, 0.29) is 5.75 Å². The maximum Gasteiger partial charge on any atom is 0.148 e. The zero-order valence-corrected chi connectivity index (χ0v) is 12.2. The van der Waals surface area contributed by atoms with Crippen LogP contribution in [0.2, 0.25) is 0 Å². The van der Waals surface area contributed by atoms with E-state index in [1.807, 2.05) is 0 Å². The van der Waals surface area contributed by atoms with Gasteiger partial charge < -0.3 is 14.8 Å². The van der Waals surface area contributed by atoms with E-state index in [0.717, 1.165) is 25.7 Å². The zero-order valence-electron chi connectivity index (χ0n) is 11.4. The number of hydrogen-bond acceptors (Lipinski definition) is 5. The van der Waals surface area contributed by atoms with Crippen molar-refractivity contribution in [1.82, 2.24) is 5.32 Å². The number of rotatable bonds is 8. The molecule has 1 fully saturated rings. The first-order valence-electron chi connectivity index (χ1n) is 6.54. The summed E-state index contributed by atoms with van der Waals surface area (Å²) in [6, 6.07) is 0. The molecule has 1 aliphatic carbocycles. The SMILES string of the molecule is COC1CCCC(OCCNCCS(C)(=O)=O)C1. The van der Waals surface area contributed by atoms with Crippen LogP contribution in [0.25, 0.3) is 0 Å². The molecule has 0 bridgehead atoms. The molecule has 1 saturated carbocycles. The lowest BCUT2D eigenvalue weighted by Crippen LogP contribution is -2.31. The first-order valence-corrected chi connectivity index (χ1v) is 8.60. The van der Waals surface area contributed by atoms with Gasteiger partial charge in [-0.2, -0.15) is 0 Å². The first-order chi connectivity index (χ1) is 8.51. The van der Waals surface area contributed by atoms with Gasteiger partial charge in [0.2, 0.25) is 0 Å². The Balaban J connectivity index is 2.00. The molecule has 0 radical (unpaired) electrons. The van der Waals surface area contributed by atoms with Crippen LogP contribution in [-0.2, 0) is 19.3 Å². The van der Waals surface area contributed by atoms with Crippen LogP contribution in [0.3, 0.4) is 0 Å². The third-order valence-electron chi connectivity index (χ3n) is 3.19. The molecule has 0 aliphatic heterocycles. The fourth-order valence-electron chi connectivity index (χ4n) is 2.15. The number of methoxy groups -OCH3 is 1. The van der Waals surface area contributed by atoms with Gasteiger partial charge in [0, 0.05) is 26.5 Å². The molecular formula is C12H25NO4S. The minimum Gasteiger partial charge on any atom is -0.381 e. The number of hydrogen-bond donors (Lipinski definition) is 1. The van der Waals surface area contributed by atoms with Gasteiger partial charge in [-0.3, -0.25) is 0 Å². The van der Waals surface area contributed by atoms with Crippen molar-refractivity contribution in [2.24, 2.45) is 0 Å². The molecule has 1 aliphatic rings. The fraction of sp³-hybridized carbons (Fsp3) is 1.00. The monoisotopic (exact) mass is 279 g/mol. The fourth-order valence-corrected chi connectivity index (χ4v) is 2.66. The average Bonchev–Trinajstić information content (AvgIpc) is 2.32. The Bertz CT molecular complexity index is 318. The Morgan fingerprint density at radius 2 is 1.94 bits per heavy atom. The second kappa shape index (κ2) is 8.09. The van der Waals surface area contributed by atoms with E-state index in [9.17, 15) is 8.42 Å². The van der Waals surface area contributed by atoms with Crippen LogP contribution in [0.15, 0.2) is 0 Å². The van der Waals surface area contributed by atoms with E-state index in [1.165, 1.54) is 6.26 Å². The van der Waals surface area contributed by atoms with E-state index in [2.05, 4.69) is 5.32 Å². The van der Waals surface area contributed by atoms with Crippen molar-refractivity contribution in [3.05, 3.63) is 0 Å². The van der Waals surface area contributed by atoms with Crippen LogP contribution >= 0.6 is 0 Å². The summed E-state index contributed by atoms with van der Waals surface area (Å²) in [4.78, 5) is 0. The molecule has 5 nitrogen and oxygen atoms in total. The Morgan fingerprint density at radius 3 is 2.61 bits per heavy atom. The van der Waals surface area contributed by atoms with Gasteiger partial charge in [-0.15, -0.1) is 0 Å². The number of nitrogens with one attached hydrogen (secondary N) is 1. The van der Waals surface area contributed by atoms with Crippen molar-refractivity contribution in [2.75, 3.05) is 38.8 Å². The van der Waals surface area contributed by atoms with Crippen molar-refractivity contribution in [3.63, 3.8) is 0 Å². The molecule has 2 unspecified atom stereocenters. The zero-order chi connectivity index (χ0) is 13.4. The van der Waals surface area contributed by atoms with Crippen LogP contribution in [0.4, 0.5) is 0 Å². The minimum absolute atomic E-state index is 0.183. The molecule has 1 rings (SSSR count). The van der Waals surface area contributed by atoms with Gasteiger partial charge >= 0.3 is 0 Å². The van der Waals surface area contributed by atoms with Crippen molar-refractivity contribution < 1.29 is 17.9 Å². The molecule has 108 valence electrons. The summed E-state index contributed by atoms with van der Waals surface area (Å²) in [5.74, 6) is 0.183. The Hall–Kier alpha value is -0.170. The standard InChI is InChI=1S/C12H25NO4S/c1-16-11-4-3-5-12(10-11)17-8-6-13-7-9-18(2,14)15/h11-13H,3-10H2,1-2H3. The van der Waals surface area contributed by atoms with Crippen molar-refractivity contribution in [2.45, 2.75) is 37.9 Å². The molecule has 0 saturated heterocycles. The van der Waals surface area contributed by atoms with Crippen LogP contribution < -0.4 is 5.32 Å². The second-order valence-electron chi connectivity index (χ2n) is 4.90. The highest BCUT2D eigenvalue weighted by molar-refractivity contribution is 7.90. The molecular weight excluding hydrogens is 254 g/mol. The van der Waals surface area contributed by atoms with Gasteiger partial charge in [-0.1, -0.05) is 0 Å². The van der Waals surface area contributed by atoms with E-state index < -0.39 is 9.84 Å². The number of sulfone groups is 1. The normalized spacial score (nSPS) is 25.2. The van der Waals surface area contributed by atoms with Gasteiger partial charge in [-0.05, 0) is 25.7 Å². The van der Waals surface area contributed by atoms with E-state index in [4.69, 9.17) is 9.47 Å². The van der Waals surface area contributed by atoms with Gasteiger partial charge in [-0.25, -0.2) is 8.42 Å². The Morgan fingerprint density at radius 1 is 1.22 bits per heavy atom. The highest BCUT2D eigenvalue weighted by atomic mass is 32.2. The predicted molar refractivity (Wildman–Crippen MR) is 71.6 cm³/mol. The summed E-state index contributed by atoms with van der Waals surface area (Å²) < 4.78 is 32.9. The second-order valence-corrected chi connectivity index (χ2v) is 7.16. The van der Waals surface area contributed by atoms with Crippen LogP contribution in [0.1, 0.15) is 25.7 Å². The predicted octanol–water partition coefficient (Wildman–Crippen LogP) is 0.595. The summed E-state index contributed by atoms with van der Waals surface area (Å²) in [6.45, 7) is 1.82. The molecule has 0 amide bonds. The largest absolute Gasteiger partial charge is 0.381 e. The molecule has 1 N–H and O–H groups in total. The quantitative estimate of drug-likeness (QED) is 0.659. The molecule has 6 heteroatoms. The lowest BCUT2D eigenvalue weighted by Gasteiger charge is -2.28. The third-order valence-corrected chi connectivity index (χ3v) is 4.14. The average molecular weight is 279 g/mol. The summed E-state index contributed by atoms with van der Waals surface area (Å²) in [5.41, 5.74) is 0. The summed E-state index contributed by atoms with van der Waals surface area (Å²) in [5, 5.41) is 3.07. The van der Waals surface area contributed by atoms with Gasteiger partial charge in [0.05, 0.1) is 24.6 Å².